The van der Waals surface area contributed by atoms with Crippen LogP contribution in [0.25, 0.3) is 0 Å². The quantitative estimate of drug-likeness (QED) is 0.237. The smallest absolute Gasteiger partial charge is 0.0512 e. The first-order valence-corrected chi connectivity index (χ1v) is 14.8. The molecule has 0 nitrogen and oxygen atoms in total. The molecule has 160 valence electrons. The molecule has 10 radical (unpaired) electrons. The fraction of sp³-hybridized carbons (Fsp3) is 0. The van der Waals surface area contributed by atoms with Crippen LogP contribution >= 0.6 is 34.3 Å². The van der Waals surface area contributed by atoms with E-state index in [0.29, 0.717) is 0 Å². The zero-order valence-corrected chi connectivity index (χ0v) is 21.9. The lowest BCUT2D eigenvalue weighted by Gasteiger charge is -2.17. The van der Waals surface area contributed by atoms with Crippen molar-refractivity contribution in [3.63, 3.8) is 0 Å². The maximum absolute atomic E-state index is 2.25. The van der Waals surface area contributed by atoms with E-state index in [9.17, 15) is 0 Å². The van der Waals surface area contributed by atoms with Gasteiger partial charge >= 0.3 is 0 Å². The normalized spacial score (nSPS) is 22.0. The van der Waals surface area contributed by atoms with Crippen molar-refractivity contribution in [2.75, 3.05) is 0 Å². The highest BCUT2D eigenvalue weighted by atomic mass is 31.1. The van der Waals surface area contributed by atoms with Gasteiger partial charge in [0.25, 0.3) is 0 Å². The first kappa shape index (κ1) is 23.0. The summed E-state index contributed by atoms with van der Waals surface area (Å²) in [5.41, 5.74) is 11.1. The van der Waals surface area contributed by atoms with E-state index >= 15 is 0 Å². The number of rotatable bonds is 5. The summed E-state index contributed by atoms with van der Waals surface area (Å²) in [6.45, 7) is 0. The second kappa shape index (κ2) is 10.7. The van der Waals surface area contributed by atoms with Gasteiger partial charge in [-0.05, 0) is 22.3 Å². The average molecular weight is 504 g/mol. The monoisotopic (exact) mass is 504 g/mol. The van der Waals surface area contributed by atoms with Crippen LogP contribution in [0.5, 0.6) is 0 Å². The van der Waals surface area contributed by atoms with Crippen molar-refractivity contribution in [2.45, 2.75) is 0 Å². The molecule has 2 fully saturated rings. The molecule has 0 aromatic heterocycles. The van der Waals surface area contributed by atoms with Gasteiger partial charge in [-0.2, -0.15) is 0 Å². The molecule has 0 amide bonds. The van der Waals surface area contributed by atoms with Crippen LogP contribution in [-0.2, 0) is 0 Å². The molecule has 0 N–H and O–H groups in total. The summed E-state index contributed by atoms with van der Waals surface area (Å²) >= 11 is 0. The van der Waals surface area contributed by atoms with Gasteiger partial charge in [-0.1, -0.05) is 156 Å². The van der Waals surface area contributed by atoms with Crippen LogP contribution in [0.2, 0.25) is 0 Å². The van der Waals surface area contributed by atoms with E-state index in [4.69, 9.17) is 0 Å². The van der Waals surface area contributed by atoms with Crippen molar-refractivity contribution < 1.29 is 0 Å². The predicted molar refractivity (Wildman–Crippen MR) is 149 cm³/mol. The molecule has 0 atom stereocenters. The minimum atomic E-state index is 1.33. The molecule has 2 saturated heterocycles. The van der Waals surface area contributed by atoms with E-state index in [-0.39, 0.29) is 0 Å². The van der Waals surface area contributed by atoms with E-state index in [1.54, 1.807) is 0 Å². The van der Waals surface area contributed by atoms with Crippen LogP contribution < -0.4 is 0 Å². The maximum atomic E-state index is 2.25. The van der Waals surface area contributed by atoms with Crippen LogP contribution in [0.15, 0.2) is 121 Å². The minimum absolute atomic E-state index is 1.33. The first-order chi connectivity index (χ1) is 16.9. The molecule has 0 aliphatic carbocycles. The number of hydrogen-bond acceptors (Lipinski definition) is 0. The molecule has 4 heteroatoms. The van der Waals surface area contributed by atoms with Gasteiger partial charge in [0.15, 0.2) is 0 Å². The molecule has 2 heterocycles. The topological polar surface area (TPSA) is 0 Å². The summed E-state index contributed by atoms with van der Waals surface area (Å²) in [5, 5.41) is 3.06. The molecular weight excluding hydrogens is 484 g/mol. The molecule has 0 unspecified atom stereocenters. The molecule has 0 spiro atoms. The van der Waals surface area contributed by atoms with Gasteiger partial charge < -0.3 is 0 Å². The van der Waals surface area contributed by atoms with E-state index in [2.05, 4.69) is 121 Å². The Bertz CT molecular complexity index is 992. The molecule has 2 aliphatic heterocycles. The van der Waals surface area contributed by atoms with Crippen LogP contribution in [0, 0.1) is 33.4 Å². The molecule has 2 aliphatic rings. The Kier molecular flexibility index (Phi) is 7.24. The molecule has 34 heavy (non-hydrogen) atoms. The Morgan fingerprint density at radius 3 is 0.676 bits per heavy atom. The van der Waals surface area contributed by atoms with Crippen LogP contribution in [-0.4, -0.2) is 0 Å². The van der Waals surface area contributed by atoms with Crippen LogP contribution in [0.1, 0.15) is 22.3 Å². The lowest BCUT2D eigenvalue weighted by atomic mass is 10.0. The third-order valence-corrected chi connectivity index (χ3v) is 12.5. The molecule has 0 saturated carbocycles. The maximum Gasteiger partial charge on any atom is 0.0512 e. The van der Waals surface area contributed by atoms with Crippen LogP contribution in [0.4, 0.5) is 0 Å². The van der Waals surface area contributed by atoms with Gasteiger partial charge in [0.1, 0.15) is 0 Å². The van der Waals surface area contributed by atoms with E-state index < -0.39 is 0 Å². The molecule has 0 bridgehead atoms. The van der Waals surface area contributed by atoms with E-state index in [1.807, 2.05) is 0 Å². The number of benzene rings is 4. The van der Waals surface area contributed by atoms with Gasteiger partial charge in [-0.15, -0.1) is 0 Å². The minimum Gasteiger partial charge on any atom is -0.0622 e. The lowest BCUT2D eigenvalue weighted by molar-refractivity contribution is 1.32. The third kappa shape index (κ3) is 4.82. The Balaban J connectivity index is 1.31. The van der Waals surface area contributed by atoms with Gasteiger partial charge in [0.2, 0.25) is 0 Å². The lowest BCUT2D eigenvalue weighted by Crippen LogP contribution is -2.00. The largest absolute Gasteiger partial charge is 0.0622 e. The Morgan fingerprint density at radius 2 is 0.471 bits per heavy atom. The highest BCUT2D eigenvalue weighted by Crippen LogP contribution is 2.83. The molecule has 4 aromatic carbocycles. The fourth-order valence-electron chi connectivity index (χ4n) is 4.07. The van der Waals surface area contributed by atoms with Crippen LogP contribution in [0.3, 0.4) is 0 Å². The number of hydrogen-bond donors (Lipinski definition) is 0. The summed E-state index contributed by atoms with van der Waals surface area (Å²) in [7, 11) is 5.35. The average Bonchev–Trinajstić information content (AvgIpc) is 3.56. The molecule has 4 aromatic rings. The zero-order chi connectivity index (χ0) is 22.7. The second-order valence-corrected chi connectivity index (χ2v) is 13.1. The van der Waals surface area contributed by atoms with Crippen molar-refractivity contribution in [3.05, 3.63) is 177 Å². The fourth-order valence-corrected chi connectivity index (χ4v) is 10.8. The summed E-state index contributed by atoms with van der Waals surface area (Å²) < 4.78 is 0. The Morgan fingerprint density at radius 1 is 0.265 bits per heavy atom. The Labute approximate surface area is 210 Å². The third-order valence-electron chi connectivity index (χ3n) is 5.71. The highest BCUT2D eigenvalue weighted by molar-refractivity contribution is 7.79. The van der Waals surface area contributed by atoms with Crippen molar-refractivity contribution in [2.24, 2.45) is 0 Å². The summed E-state index contributed by atoms with van der Waals surface area (Å²) in [6.07, 6.45) is 0. The van der Waals surface area contributed by atoms with Crippen molar-refractivity contribution in [1.29, 1.82) is 0 Å². The van der Waals surface area contributed by atoms with E-state index in [0.717, 1.165) is 0 Å². The molecule has 6 rings (SSSR count). The van der Waals surface area contributed by atoms with Crippen molar-refractivity contribution in [3.8, 4) is 0 Å². The van der Waals surface area contributed by atoms with E-state index in [1.165, 1.54) is 90.0 Å². The van der Waals surface area contributed by atoms with Crippen molar-refractivity contribution in [1.82, 2.24) is 0 Å². The van der Waals surface area contributed by atoms with Gasteiger partial charge in [-0.3, -0.25) is 0 Å². The first-order valence-electron chi connectivity index (χ1n) is 11.2. The summed E-state index contributed by atoms with van der Waals surface area (Å²) in [6, 6.07) is 43.6. The van der Waals surface area contributed by atoms with Gasteiger partial charge in [-0.25, -0.2) is 0 Å². The summed E-state index contributed by atoms with van der Waals surface area (Å²) in [5.74, 6) is 0. The van der Waals surface area contributed by atoms with Gasteiger partial charge in [0.05, 0.1) is 33.4 Å². The van der Waals surface area contributed by atoms with Gasteiger partial charge in [0, 0.05) is 0 Å². The summed E-state index contributed by atoms with van der Waals surface area (Å²) in [4.78, 5) is 0. The second-order valence-electron chi connectivity index (χ2n) is 7.95. The highest BCUT2D eigenvalue weighted by Gasteiger charge is 2.49. The predicted octanol–water partition coefficient (Wildman–Crippen LogP) is 10.1. The van der Waals surface area contributed by atoms with Crippen molar-refractivity contribution >= 4 is 34.3 Å². The SMILES string of the molecule is c1ccc([C]2[P][C]([C]3[P][C](c4ccccc4)[C](c4ccccc4)[P]3)[P][C]2c2ccccc2)cc1. The zero-order valence-electron chi connectivity index (χ0n) is 18.3. The molecular formula is C30H20P4. The standard InChI is InChI=1S/C30H20P4/c1-5-13-21(14-6-1)25-26(22-15-7-2-8-16-22)32-29(31-25)30-33-27(23-17-9-3-10-18-23)28(34-30)24-19-11-4-12-20-24/h1-20H. The Hall–Kier alpha value is -1.40.